The molecule has 0 aliphatic heterocycles. The molecule has 0 unspecified atom stereocenters. The summed E-state index contributed by atoms with van der Waals surface area (Å²) in [6, 6.07) is 12.4. The minimum absolute atomic E-state index is 0.0907. The molecule has 2 amide bonds. The van der Waals surface area contributed by atoms with Crippen LogP contribution in [0.15, 0.2) is 48.5 Å². The molecule has 0 bridgehead atoms. The van der Waals surface area contributed by atoms with Gasteiger partial charge >= 0.3 is 0 Å². The van der Waals surface area contributed by atoms with Crippen LogP contribution in [-0.4, -0.2) is 29.3 Å². The summed E-state index contributed by atoms with van der Waals surface area (Å²) >= 11 is 6.06. The molecule has 28 heavy (non-hydrogen) atoms. The fourth-order valence-electron chi connectivity index (χ4n) is 2.83. The van der Waals surface area contributed by atoms with Gasteiger partial charge in [-0.05, 0) is 48.7 Å². The van der Waals surface area contributed by atoms with Crippen molar-refractivity contribution in [3.63, 3.8) is 0 Å². The molecular weight excluding hydrogens is 379 g/mol. The minimum Gasteiger partial charge on any atom is -0.354 e. The monoisotopic (exact) mass is 404 g/mol. The highest BCUT2D eigenvalue weighted by atomic mass is 35.5. The zero-order chi connectivity index (χ0) is 20.5. The number of hydrogen-bond acceptors (Lipinski definition) is 2. The summed E-state index contributed by atoms with van der Waals surface area (Å²) in [6.07, 6.45) is 1.95. The first-order valence-electron chi connectivity index (χ1n) is 9.46. The molecule has 0 heterocycles. The number of benzene rings is 2. The number of nitrogens with one attached hydrogen (secondary N) is 1. The predicted molar refractivity (Wildman–Crippen MR) is 109 cm³/mol. The molecule has 0 aliphatic carbocycles. The average Bonchev–Trinajstić information content (AvgIpc) is 2.67. The molecule has 2 aromatic rings. The van der Waals surface area contributed by atoms with E-state index in [1.165, 1.54) is 17.0 Å². The van der Waals surface area contributed by atoms with Crippen LogP contribution in [0.2, 0.25) is 5.02 Å². The number of nitrogens with zero attached hydrogens (tertiary/aromatic N) is 1. The smallest absolute Gasteiger partial charge is 0.242 e. The Balaban J connectivity index is 2.17. The van der Waals surface area contributed by atoms with Gasteiger partial charge < -0.3 is 10.2 Å². The Labute approximate surface area is 170 Å². The van der Waals surface area contributed by atoms with Gasteiger partial charge in [-0.3, -0.25) is 9.59 Å². The van der Waals surface area contributed by atoms with E-state index in [1.807, 2.05) is 19.1 Å². The van der Waals surface area contributed by atoms with Crippen molar-refractivity contribution >= 4 is 23.4 Å². The van der Waals surface area contributed by atoms with E-state index in [0.717, 1.165) is 18.4 Å². The van der Waals surface area contributed by atoms with E-state index in [2.05, 4.69) is 5.32 Å². The molecule has 6 heteroatoms. The Morgan fingerprint density at radius 2 is 1.86 bits per heavy atom. The van der Waals surface area contributed by atoms with Gasteiger partial charge in [0.15, 0.2) is 0 Å². The Bertz CT molecular complexity index is 795. The van der Waals surface area contributed by atoms with Gasteiger partial charge in [-0.1, -0.05) is 49.2 Å². The number of carbonyl (C=O) groups excluding carboxylic acids is 2. The Morgan fingerprint density at radius 3 is 2.50 bits per heavy atom. The van der Waals surface area contributed by atoms with Crippen LogP contribution in [0.4, 0.5) is 4.39 Å². The minimum atomic E-state index is -0.635. The summed E-state index contributed by atoms with van der Waals surface area (Å²) in [5, 5.41) is 3.45. The van der Waals surface area contributed by atoms with Gasteiger partial charge in [-0.15, -0.1) is 0 Å². The van der Waals surface area contributed by atoms with Gasteiger partial charge in [-0.2, -0.15) is 0 Å². The number of hydrogen-bond donors (Lipinski definition) is 1. The summed E-state index contributed by atoms with van der Waals surface area (Å²) in [4.78, 5) is 27.1. The van der Waals surface area contributed by atoms with Crippen molar-refractivity contribution in [3.8, 4) is 0 Å². The molecule has 2 rings (SSSR count). The van der Waals surface area contributed by atoms with Crippen molar-refractivity contribution in [1.29, 1.82) is 0 Å². The van der Waals surface area contributed by atoms with Gasteiger partial charge in [0.2, 0.25) is 11.8 Å². The van der Waals surface area contributed by atoms with E-state index in [1.54, 1.807) is 31.2 Å². The van der Waals surface area contributed by atoms with E-state index in [0.29, 0.717) is 17.1 Å². The van der Waals surface area contributed by atoms with Crippen LogP contribution >= 0.6 is 11.6 Å². The van der Waals surface area contributed by atoms with Gasteiger partial charge in [0, 0.05) is 18.1 Å². The predicted octanol–water partition coefficient (Wildman–Crippen LogP) is 4.36. The van der Waals surface area contributed by atoms with E-state index in [-0.39, 0.29) is 30.6 Å². The maximum Gasteiger partial charge on any atom is 0.242 e. The highest BCUT2D eigenvalue weighted by molar-refractivity contribution is 6.30. The molecule has 0 radical (unpaired) electrons. The lowest BCUT2D eigenvalue weighted by Gasteiger charge is -2.29. The van der Waals surface area contributed by atoms with E-state index >= 15 is 0 Å². The topological polar surface area (TPSA) is 49.4 Å². The second-order valence-corrected chi connectivity index (χ2v) is 7.21. The highest BCUT2D eigenvalue weighted by Crippen LogP contribution is 2.16. The lowest BCUT2D eigenvalue weighted by molar-refractivity contribution is -0.140. The van der Waals surface area contributed by atoms with Crippen LogP contribution < -0.4 is 5.32 Å². The molecule has 2 aromatic carbocycles. The number of amides is 2. The first kappa shape index (κ1) is 21.9. The lowest BCUT2D eigenvalue weighted by atomic mass is 10.1. The van der Waals surface area contributed by atoms with Crippen LogP contribution in [-0.2, 0) is 22.6 Å². The number of carbonyl (C=O) groups is 2. The zero-order valence-electron chi connectivity index (χ0n) is 16.3. The van der Waals surface area contributed by atoms with E-state index < -0.39 is 6.04 Å². The third kappa shape index (κ3) is 6.64. The molecule has 0 saturated heterocycles. The van der Waals surface area contributed by atoms with Crippen LogP contribution in [0, 0.1) is 5.82 Å². The van der Waals surface area contributed by atoms with Crippen molar-refractivity contribution < 1.29 is 14.0 Å². The maximum atomic E-state index is 13.1. The Morgan fingerprint density at radius 1 is 1.14 bits per heavy atom. The Kier molecular flexibility index (Phi) is 8.45. The zero-order valence-corrected chi connectivity index (χ0v) is 17.0. The van der Waals surface area contributed by atoms with Gasteiger partial charge in [0.05, 0.1) is 6.42 Å². The quantitative estimate of drug-likeness (QED) is 0.631. The van der Waals surface area contributed by atoms with Crippen molar-refractivity contribution in [1.82, 2.24) is 10.2 Å². The standard InChI is InChI=1S/C22H26ClFN2O2/c1-3-4-12-25-22(28)16(2)26(15-18-6-5-7-19(23)13-18)21(27)14-17-8-10-20(24)11-9-17/h5-11,13,16H,3-4,12,14-15H2,1-2H3,(H,25,28)/t16-/m1/s1. The van der Waals surface area contributed by atoms with E-state index in [9.17, 15) is 14.0 Å². The summed E-state index contributed by atoms with van der Waals surface area (Å²) in [7, 11) is 0. The molecule has 0 spiro atoms. The van der Waals surface area contributed by atoms with Crippen molar-refractivity contribution in [2.75, 3.05) is 6.54 Å². The molecular formula is C22H26ClFN2O2. The van der Waals surface area contributed by atoms with Crippen molar-refractivity contribution in [2.45, 2.75) is 45.7 Å². The van der Waals surface area contributed by atoms with Crippen LogP contribution in [0.25, 0.3) is 0 Å². The first-order valence-corrected chi connectivity index (χ1v) is 9.84. The largest absolute Gasteiger partial charge is 0.354 e. The summed E-state index contributed by atoms with van der Waals surface area (Å²) < 4.78 is 13.1. The molecule has 1 atom stereocenters. The van der Waals surface area contributed by atoms with Crippen molar-refractivity contribution in [2.24, 2.45) is 0 Å². The number of rotatable bonds is 9. The molecule has 4 nitrogen and oxygen atoms in total. The van der Waals surface area contributed by atoms with Crippen molar-refractivity contribution in [3.05, 3.63) is 70.5 Å². The summed E-state index contributed by atoms with van der Waals surface area (Å²) in [6.45, 7) is 4.61. The second kappa shape index (κ2) is 10.8. The van der Waals surface area contributed by atoms with Crippen LogP contribution in [0.1, 0.15) is 37.8 Å². The normalized spacial score (nSPS) is 11.7. The maximum absolute atomic E-state index is 13.1. The van der Waals surface area contributed by atoms with Gasteiger partial charge in [0.1, 0.15) is 11.9 Å². The van der Waals surface area contributed by atoms with Gasteiger partial charge in [0.25, 0.3) is 0 Å². The Hall–Kier alpha value is -2.40. The summed E-state index contributed by atoms with van der Waals surface area (Å²) in [5.41, 5.74) is 1.54. The summed E-state index contributed by atoms with van der Waals surface area (Å²) in [5.74, 6) is -0.747. The second-order valence-electron chi connectivity index (χ2n) is 6.78. The third-order valence-corrected chi connectivity index (χ3v) is 4.74. The molecule has 150 valence electrons. The van der Waals surface area contributed by atoms with E-state index in [4.69, 9.17) is 11.6 Å². The molecule has 0 fully saturated rings. The van der Waals surface area contributed by atoms with Crippen LogP contribution in [0.3, 0.4) is 0 Å². The molecule has 0 aromatic heterocycles. The number of halogens is 2. The lowest BCUT2D eigenvalue weighted by Crippen LogP contribution is -2.48. The fourth-order valence-corrected chi connectivity index (χ4v) is 3.04. The average molecular weight is 405 g/mol. The van der Waals surface area contributed by atoms with Crippen LogP contribution in [0.5, 0.6) is 0 Å². The molecule has 0 saturated carbocycles. The molecule has 0 aliphatic rings. The number of unbranched alkanes of at least 4 members (excludes halogenated alkanes) is 1. The van der Waals surface area contributed by atoms with Gasteiger partial charge in [-0.25, -0.2) is 4.39 Å². The molecule has 1 N–H and O–H groups in total. The SMILES string of the molecule is CCCCNC(=O)[C@@H](C)N(Cc1cccc(Cl)c1)C(=O)Cc1ccc(F)cc1. The third-order valence-electron chi connectivity index (χ3n) is 4.51. The highest BCUT2D eigenvalue weighted by Gasteiger charge is 2.26. The first-order chi connectivity index (χ1) is 13.4. The fraction of sp³-hybridized carbons (Fsp3) is 0.364.